The number of fused-ring (bicyclic) bond motifs is 1. The molecule has 18 heavy (non-hydrogen) atoms. The van der Waals surface area contributed by atoms with Gasteiger partial charge in [-0.25, -0.2) is 0 Å². The first-order chi connectivity index (χ1) is 8.56. The lowest BCUT2D eigenvalue weighted by molar-refractivity contribution is -0.00228. The number of hydrogen-bond acceptors (Lipinski definition) is 4. The van der Waals surface area contributed by atoms with Gasteiger partial charge in [0.05, 0.1) is 22.8 Å². The average molecular weight is 266 g/mol. The Bertz CT molecular complexity index is 493. The summed E-state index contributed by atoms with van der Waals surface area (Å²) in [4.78, 5) is 13.4. The normalized spacial score (nSPS) is 26.8. The highest BCUT2D eigenvalue weighted by Crippen LogP contribution is 2.41. The lowest BCUT2D eigenvalue weighted by Crippen LogP contribution is -2.28. The molecule has 0 saturated heterocycles. The molecule has 1 amide bonds. The van der Waals surface area contributed by atoms with E-state index >= 15 is 0 Å². The second-order valence-electron chi connectivity index (χ2n) is 5.22. The largest absolute Gasteiger partial charge is 0.390 e. The topological polar surface area (TPSA) is 64.4 Å². The van der Waals surface area contributed by atoms with Gasteiger partial charge in [-0.1, -0.05) is 0 Å². The number of thiophene rings is 1. The van der Waals surface area contributed by atoms with Crippen LogP contribution in [0.2, 0.25) is 0 Å². The van der Waals surface area contributed by atoms with Crippen LogP contribution in [0.15, 0.2) is 0 Å². The molecule has 2 aliphatic rings. The van der Waals surface area contributed by atoms with Crippen molar-refractivity contribution in [3.8, 4) is 0 Å². The zero-order valence-corrected chi connectivity index (χ0v) is 11.5. The molecule has 1 aromatic rings. The number of nitrogens with two attached hydrogens (primary N) is 1. The molecule has 0 bridgehead atoms. The first-order valence-corrected chi connectivity index (χ1v) is 7.25. The van der Waals surface area contributed by atoms with Gasteiger partial charge in [-0.05, 0) is 32.3 Å². The third kappa shape index (κ3) is 2.01. The van der Waals surface area contributed by atoms with E-state index in [2.05, 4.69) is 5.32 Å². The number of ether oxygens (including phenoxy) is 1. The van der Waals surface area contributed by atoms with Crippen molar-refractivity contribution in [2.45, 2.75) is 51.4 Å². The van der Waals surface area contributed by atoms with Crippen molar-refractivity contribution in [1.82, 2.24) is 5.32 Å². The van der Waals surface area contributed by atoms with E-state index in [0.717, 1.165) is 29.7 Å². The zero-order valence-electron chi connectivity index (χ0n) is 10.7. The summed E-state index contributed by atoms with van der Waals surface area (Å²) < 4.78 is 5.78. The minimum absolute atomic E-state index is 0.00574. The zero-order chi connectivity index (χ0) is 12.9. The van der Waals surface area contributed by atoms with E-state index in [1.165, 1.54) is 11.3 Å². The molecule has 3 N–H and O–H groups in total. The summed E-state index contributed by atoms with van der Waals surface area (Å²) in [5.74, 6) is -0.00574. The van der Waals surface area contributed by atoms with Crippen molar-refractivity contribution < 1.29 is 9.53 Å². The molecule has 2 unspecified atom stereocenters. The summed E-state index contributed by atoms with van der Waals surface area (Å²) in [6, 6.07) is 0.363. The first kappa shape index (κ1) is 12.0. The van der Waals surface area contributed by atoms with Gasteiger partial charge >= 0.3 is 0 Å². The third-order valence-corrected chi connectivity index (χ3v) is 4.72. The van der Waals surface area contributed by atoms with Gasteiger partial charge in [0.25, 0.3) is 5.91 Å². The Kier molecular flexibility index (Phi) is 2.83. The summed E-state index contributed by atoms with van der Waals surface area (Å²) in [5.41, 5.74) is 7.82. The maximum absolute atomic E-state index is 12.2. The number of carbonyl (C=O) groups is 1. The first-order valence-electron chi connectivity index (χ1n) is 6.43. The summed E-state index contributed by atoms with van der Waals surface area (Å²) in [7, 11) is 0. The summed E-state index contributed by atoms with van der Waals surface area (Å²) in [6.07, 6.45) is 3.15. The Balaban J connectivity index is 1.96. The molecular weight excluding hydrogens is 248 g/mol. The van der Waals surface area contributed by atoms with Crippen LogP contribution in [0.5, 0.6) is 0 Å². The number of nitrogen functional groups attached to an aromatic ring is 1. The van der Waals surface area contributed by atoms with Gasteiger partial charge < -0.3 is 15.8 Å². The summed E-state index contributed by atoms with van der Waals surface area (Å²) >= 11 is 1.49. The van der Waals surface area contributed by atoms with Gasteiger partial charge in [0.15, 0.2) is 0 Å². The van der Waals surface area contributed by atoms with E-state index in [9.17, 15) is 4.79 Å². The van der Waals surface area contributed by atoms with E-state index < -0.39 is 0 Å². The quantitative estimate of drug-likeness (QED) is 0.863. The van der Waals surface area contributed by atoms with E-state index in [-0.39, 0.29) is 18.1 Å². The van der Waals surface area contributed by atoms with Gasteiger partial charge in [0, 0.05) is 17.3 Å². The van der Waals surface area contributed by atoms with Gasteiger partial charge in [0.1, 0.15) is 0 Å². The average Bonchev–Trinajstić information content (AvgIpc) is 3.01. The molecule has 1 saturated carbocycles. The maximum atomic E-state index is 12.2. The van der Waals surface area contributed by atoms with Crippen molar-refractivity contribution in [2.75, 3.05) is 5.73 Å². The lowest BCUT2D eigenvalue weighted by atomic mass is 9.98. The van der Waals surface area contributed by atoms with Crippen LogP contribution in [0.4, 0.5) is 5.00 Å². The Labute approximate surface area is 111 Å². The van der Waals surface area contributed by atoms with E-state index in [1.54, 1.807) is 0 Å². The summed E-state index contributed by atoms with van der Waals surface area (Å²) in [5, 5.41) is 3.65. The third-order valence-electron chi connectivity index (χ3n) is 3.50. The van der Waals surface area contributed by atoms with Crippen LogP contribution in [0, 0.1) is 0 Å². The van der Waals surface area contributed by atoms with Gasteiger partial charge in [0.2, 0.25) is 0 Å². The predicted octanol–water partition coefficient (Wildman–Crippen LogP) is 2.24. The number of hydrogen-bond donors (Lipinski definition) is 2. The molecule has 1 fully saturated rings. The summed E-state index contributed by atoms with van der Waals surface area (Å²) in [6.45, 7) is 4.06. The molecule has 2 atom stereocenters. The molecule has 3 rings (SSSR count). The van der Waals surface area contributed by atoms with Gasteiger partial charge in [-0.15, -0.1) is 11.3 Å². The van der Waals surface area contributed by atoms with Gasteiger partial charge in [-0.3, -0.25) is 4.79 Å². The second kappa shape index (κ2) is 4.24. The molecule has 1 aliphatic heterocycles. The highest BCUT2D eigenvalue weighted by Gasteiger charge is 2.32. The molecule has 4 nitrogen and oxygen atoms in total. The van der Waals surface area contributed by atoms with Crippen LogP contribution >= 0.6 is 11.3 Å². The van der Waals surface area contributed by atoms with Crippen molar-refractivity contribution in [3.63, 3.8) is 0 Å². The Morgan fingerprint density at radius 3 is 2.83 bits per heavy atom. The molecule has 2 heterocycles. The fourth-order valence-electron chi connectivity index (χ4n) is 2.51. The Hall–Kier alpha value is -1.07. The number of nitrogens with one attached hydrogen (secondary N) is 1. The van der Waals surface area contributed by atoms with Crippen molar-refractivity contribution in [2.24, 2.45) is 0 Å². The molecule has 0 aromatic carbocycles. The second-order valence-corrected chi connectivity index (χ2v) is 6.31. The van der Waals surface area contributed by atoms with Crippen LogP contribution in [-0.2, 0) is 11.2 Å². The number of carbonyl (C=O) groups excluding carboxylic acids is 1. The number of rotatable bonds is 2. The minimum Gasteiger partial charge on any atom is -0.390 e. The fourth-order valence-corrected chi connectivity index (χ4v) is 3.60. The van der Waals surface area contributed by atoms with E-state index in [4.69, 9.17) is 10.5 Å². The fraction of sp³-hybridized carbons (Fsp3) is 0.615. The standard InChI is InChI=1S/C13H18N2O2S/c1-6-5-9-10(13(16)15-8-3-4-8)12(14)18-11(9)7(2)17-6/h6-8H,3-5,14H2,1-2H3,(H,15,16). The van der Waals surface area contributed by atoms with Crippen molar-refractivity contribution >= 4 is 22.2 Å². The molecule has 98 valence electrons. The highest BCUT2D eigenvalue weighted by atomic mass is 32.1. The Morgan fingerprint density at radius 2 is 2.17 bits per heavy atom. The smallest absolute Gasteiger partial charge is 0.254 e. The molecule has 1 aliphatic carbocycles. The SMILES string of the molecule is CC1Cc2c(sc(N)c2C(=O)NC2CC2)C(C)O1. The van der Waals surface area contributed by atoms with Crippen LogP contribution in [-0.4, -0.2) is 18.1 Å². The van der Waals surface area contributed by atoms with Crippen LogP contribution in [0.3, 0.4) is 0 Å². The lowest BCUT2D eigenvalue weighted by Gasteiger charge is -2.25. The molecule has 1 aromatic heterocycles. The predicted molar refractivity (Wildman–Crippen MR) is 71.9 cm³/mol. The van der Waals surface area contributed by atoms with Crippen molar-refractivity contribution in [1.29, 1.82) is 0 Å². The maximum Gasteiger partial charge on any atom is 0.254 e. The molecular formula is C13H18N2O2S. The highest BCUT2D eigenvalue weighted by molar-refractivity contribution is 7.16. The minimum atomic E-state index is -0.00574. The monoisotopic (exact) mass is 266 g/mol. The van der Waals surface area contributed by atoms with Crippen molar-refractivity contribution in [3.05, 3.63) is 16.0 Å². The number of amides is 1. The molecule has 0 radical (unpaired) electrons. The van der Waals surface area contributed by atoms with E-state index in [1.807, 2.05) is 13.8 Å². The Morgan fingerprint density at radius 1 is 1.44 bits per heavy atom. The van der Waals surface area contributed by atoms with E-state index in [0.29, 0.717) is 16.6 Å². The van der Waals surface area contributed by atoms with Crippen LogP contribution < -0.4 is 11.1 Å². The van der Waals surface area contributed by atoms with Crippen LogP contribution in [0.25, 0.3) is 0 Å². The number of anilines is 1. The molecule has 5 heteroatoms. The van der Waals surface area contributed by atoms with Crippen LogP contribution in [0.1, 0.15) is 53.6 Å². The van der Waals surface area contributed by atoms with Gasteiger partial charge in [-0.2, -0.15) is 0 Å². The molecule has 0 spiro atoms.